The third-order valence-electron chi connectivity index (χ3n) is 3.15. The summed E-state index contributed by atoms with van der Waals surface area (Å²) < 4.78 is 31.3. The number of amides is 1. The van der Waals surface area contributed by atoms with Crippen molar-refractivity contribution in [3.8, 4) is 0 Å². The summed E-state index contributed by atoms with van der Waals surface area (Å²) >= 11 is 5.76. The lowest BCUT2D eigenvalue weighted by molar-refractivity contribution is -0.123. The molecule has 1 unspecified atom stereocenters. The normalized spacial score (nSPS) is 20.4. The number of carbonyl (C=O) groups excluding carboxylic acids is 1. The van der Waals surface area contributed by atoms with Gasteiger partial charge in [-0.15, -0.1) is 0 Å². The molecule has 0 bridgehead atoms. The molecular weight excluding hydrogens is 302 g/mol. The van der Waals surface area contributed by atoms with Crippen molar-refractivity contribution in [1.82, 2.24) is 10.6 Å². The molecule has 2 rings (SSSR count). The van der Waals surface area contributed by atoms with Crippen LogP contribution in [0.1, 0.15) is 12.0 Å². The molecule has 0 saturated carbocycles. The van der Waals surface area contributed by atoms with Crippen molar-refractivity contribution < 1.29 is 18.3 Å². The predicted molar refractivity (Wildman–Crippen MR) is 75.5 cm³/mol. The van der Waals surface area contributed by atoms with E-state index in [0.29, 0.717) is 18.2 Å². The SMILES string of the molecule is O=C(NCCOCc1ccc(Cl)cc1)C1CC(F)(F)CN1. The molecule has 2 N–H and O–H groups in total. The molecule has 1 aliphatic rings. The Hall–Kier alpha value is -1.24. The van der Waals surface area contributed by atoms with E-state index in [1.54, 1.807) is 12.1 Å². The number of ether oxygens (including phenoxy) is 1. The third kappa shape index (κ3) is 5.22. The third-order valence-corrected chi connectivity index (χ3v) is 3.41. The number of rotatable bonds is 6. The summed E-state index contributed by atoms with van der Waals surface area (Å²) in [5.74, 6) is -3.21. The number of alkyl halides is 2. The van der Waals surface area contributed by atoms with Crippen molar-refractivity contribution in [3.05, 3.63) is 34.9 Å². The minimum absolute atomic E-state index is 0.288. The number of nitrogens with one attached hydrogen (secondary N) is 2. The Balaban J connectivity index is 1.59. The minimum Gasteiger partial charge on any atom is -0.375 e. The molecule has 21 heavy (non-hydrogen) atoms. The second kappa shape index (κ2) is 7.15. The Bertz CT molecular complexity index is 482. The van der Waals surface area contributed by atoms with Gasteiger partial charge in [0.1, 0.15) is 0 Å². The summed E-state index contributed by atoms with van der Waals surface area (Å²) in [4.78, 5) is 11.6. The fourth-order valence-electron chi connectivity index (χ4n) is 2.04. The van der Waals surface area contributed by atoms with Crippen LogP contribution in [0.25, 0.3) is 0 Å². The second-order valence-electron chi connectivity index (χ2n) is 4.96. The molecule has 0 aliphatic carbocycles. The molecule has 1 amide bonds. The van der Waals surface area contributed by atoms with Crippen LogP contribution in [0.3, 0.4) is 0 Å². The summed E-state index contributed by atoms with van der Waals surface area (Å²) in [7, 11) is 0. The highest BCUT2D eigenvalue weighted by atomic mass is 35.5. The molecule has 4 nitrogen and oxygen atoms in total. The van der Waals surface area contributed by atoms with E-state index < -0.39 is 30.8 Å². The lowest BCUT2D eigenvalue weighted by Gasteiger charge is -2.11. The van der Waals surface area contributed by atoms with Gasteiger partial charge in [-0.1, -0.05) is 23.7 Å². The standard InChI is InChI=1S/C14H17ClF2N2O2/c15-11-3-1-10(2-4-11)8-21-6-5-18-13(20)12-7-14(16,17)9-19-12/h1-4,12,19H,5-9H2,(H,18,20). The van der Waals surface area contributed by atoms with Crippen LogP contribution in [-0.2, 0) is 16.1 Å². The first-order valence-electron chi connectivity index (χ1n) is 6.67. The van der Waals surface area contributed by atoms with Crippen LogP contribution in [0.2, 0.25) is 5.02 Å². The van der Waals surface area contributed by atoms with E-state index in [2.05, 4.69) is 10.6 Å². The highest BCUT2D eigenvalue weighted by Gasteiger charge is 2.42. The Kier molecular flexibility index (Phi) is 5.50. The van der Waals surface area contributed by atoms with Crippen LogP contribution in [0.4, 0.5) is 8.78 Å². The molecule has 1 aliphatic heterocycles. The van der Waals surface area contributed by atoms with E-state index in [1.807, 2.05) is 12.1 Å². The van der Waals surface area contributed by atoms with Gasteiger partial charge in [-0.05, 0) is 17.7 Å². The van der Waals surface area contributed by atoms with Gasteiger partial charge in [0, 0.05) is 18.0 Å². The molecule has 1 atom stereocenters. The van der Waals surface area contributed by atoms with Gasteiger partial charge in [0.2, 0.25) is 5.91 Å². The maximum absolute atomic E-state index is 12.9. The van der Waals surface area contributed by atoms with E-state index in [9.17, 15) is 13.6 Å². The molecule has 0 radical (unpaired) electrons. The van der Waals surface area contributed by atoms with Gasteiger partial charge in [0.05, 0.1) is 25.8 Å². The van der Waals surface area contributed by atoms with Gasteiger partial charge in [-0.3, -0.25) is 10.1 Å². The average molecular weight is 319 g/mol. The average Bonchev–Trinajstić information content (AvgIpc) is 2.81. The van der Waals surface area contributed by atoms with Crippen LogP contribution in [0, 0.1) is 0 Å². The van der Waals surface area contributed by atoms with Crippen molar-refractivity contribution in [3.63, 3.8) is 0 Å². The summed E-state index contributed by atoms with van der Waals surface area (Å²) in [6.07, 6.45) is -0.454. The van der Waals surface area contributed by atoms with Crippen LogP contribution in [0.15, 0.2) is 24.3 Å². The summed E-state index contributed by atoms with van der Waals surface area (Å²) in [6.45, 7) is 0.568. The Morgan fingerprint density at radius 1 is 1.43 bits per heavy atom. The van der Waals surface area contributed by atoms with E-state index in [-0.39, 0.29) is 6.54 Å². The smallest absolute Gasteiger partial charge is 0.262 e. The zero-order valence-electron chi connectivity index (χ0n) is 11.4. The fraction of sp³-hybridized carbons (Fsp3) is 0.500. The van der Waals surface area contributed by atoms with Crippen molar-refractivity contribution in [2.45, 2.75) is 25.0 Å². The van der Waals surface area contributed by atoms with E-state index >= 15 is 0 Å². The first-order valence-corrected chi connectivity index (χ1v) is 7.05. The van der Waals surface area contributed by atoms with Crippen molar-refractivity contribution in [2.24, 2.45) is 0 Å². The zero-order chi connectivity index (χ0) is 15.3. The van der Waals surface area contributed by atoms with Gasteiger partial charge < -0.3 is 10.1 Å². The van der Waals surface area contributed by atoms with Crippen molar-refractivity contribution in [1.29, 1.82) is 0 Å². The van der Waals surface area contributed by atoms with Crippen LogP contribution in [0.5, 0.6) is 0 Å². The van der Waals surface area contributed by atoms with Gasteiger partial charge in [0.15, 0.2) is 0 Å². The molecule has 0 spiro atoms. The van der Waals surface area contributed by atoms with Gasteiger partial charge in [-0.25, -0.2) is 8.78 Å². The van der Waals surface area contributed by atoms with Crippen LogP contribution in [-0.4, -0.2) is 37.6 Å². The zero-order valence-corrected chi connectivity index (χ0v) is 12.1. The molecule has 0 aromatic heterocycles. The first-order chi connectivity index (χ1) is 9.96. The topological polar surface area (TPSA) is 50.4 Å². The highest BCUT2D eigenvalue weighted by Crippen LogP contribution is 2.24. The Morgan fingerprint density at radius 3 is 2.76 bits per heavy atom. The lowest BCUT2D eigenvalue weighted by Crippen LogP contribution is -2.41. The fourth-order valence-corrected chi connectivity index (χ4v) is 2.17. The molecule has 1 aromatic carbocycles. The van der Waals surface area contributed by atoms with E-state index in [0.717, 1.165) is 5.56 Å². The maximum atomic E-state index is 12.9. The number of hydrogen-bond donors (Lipinski definition) is 2. The Morgan fingerprint density at radius 2 is 2.14 bits per heavy atom. The number of carbonyl (C=O) groups is 1. The van der Waals surface area contributed by atoms with Crippen molar-refractivity contribution >= 4 is 17.5 Å². The van der Waals surface area contributed by atoms with Crippen LogP contribution >= 0.6 is 11.6 Å². The summed E-state index contributed by atoms with van der Waals surface area (Å²) in [6, 6.07) is 6.43. The van der Waals surface area contributed by atoms with E-state index in [1.165, 1.54) is 0 Å². The van der Waals surface area contributed by atoms with Crippen molar-refractivity contribution in [2.75, 3.05) is 19.7 Å². The molecule has 116 valence electrons. The molecule has 1 fully saturated rings. The molecule has 1 aromatic rings. The minimum atomic E-state index is -2.80. The number of benzene rings is 1. The van der Waals surface area contributed by atoms with Gasteiger partial charge in [0.25, 0.3) is 5.92 Å². The first kappa shape index (κ1) is 16.1. The molecule has 1 saturated heterocycles. The molecule has 7 heteroatoms. The van der Waals surface area contributed by atoms with Gasteiger partial charge >= 0.3 is 0 Å². The maximum Gasteiger partial charge on any atom is 0.262 e. The quantitative estimate of drug-likeness (QED) is 0.789. The second-order valence-corrected chi connectivity index (χ2v) is 5.40. The van der Waals surface area contributed by atoms with E-state index in [4.69, 9.17) is 16.3 Å². The van der Waals surface area contributed by atoms with Gasteiger partial charge in [-0.2, -0.15) is 0 Å². The predicted octanol–water partition coefficient (Wildman–Crippen LogP) is 1.97. The highest BCUT2D eigenvalue weighted by molar-refractivity contribution is 6.30. The van der Waals surface area contributed by atoms with Crippen LogP contribution < -0.4 is 10.6 Å². The molecule has 1 heterocycles. The number of halogens is 3. The lowest BCUT2D eigenvalue weighted by atomic mass is 10.2. The largest absolute Gasteiger partial charge is 0.375 e. The molecular formula is C14H17ClF2N2O2. The Labute approximate surface area is 126 Å². The summed E-state index contributed by atoms with van der Waals surface area (Å²) in [5.41, 5.74) is 0.975. The monoisotopic (exact) mass is 318 g/mol. The number of hydrogen-bond acceptors (Lipinski definition) is 3. The summed E-state index contributed by atoms with van der Waals surface area (Å²) in [5, 5.41) is 5.74.